The summed E-state index contributed by atoms with van der Waals surface area (Å²) in [7, 11) is 0. The smallest absolute Gasteiger partial charge is 0.334 e. The summed E-state index contributed by atoms with van der Waals surface area (Å²) < 4.78 is 17.8. The van der Waals surface area contributed by atoms with Crippen molar-refractivity contribution < 1.29 is 28.9 Å². The molecular weight excluding hydrogens is 576 g/mol. The molecule has 2 unspecified atom stereocenters. The summed E-state index contributed by atoms with van der Waals surface area (Å²) in [5, 5.41) is 22.0. The molecule has 1 heterocycles. The zero-order valence-corrected chi connectivity index (χ0v) is 29.6. The van der Waals surface area contributed by atoms with Crippen LogP contribution in [0.1, 0.15) is 111 Å². The first-order valence-corrected chi connectivity index (χ1v) is 17.3. The van der Waals surface area contributed by atoms with E-state index in [1.165, 1.54) is 30.4 Å². The molecule has 0 fully saturated rings. The number of ether oxygens (including phenoxy) is 2. The Bertz CT molecular complexity index is 1420. The molecule has 2 atom stereocenters. The quantitative estimate of drug-likeness (QED) is 0.0873. The number of esters is 1. The maximum Gasteiger partial charge on any atom is 0.334 e. The summed E-state index contributed by atoms with van der Waals surface area (Å²) in [5.74, 6) is 1.26. The fraction of sp³-hybridized carbons (Fsp3) is 0.575. The van der Waals surface area contributed by atoms with Crippen molar-refractivity contribution in [2.75, 3.05) is 13.2 Å². The first-order chi connectivity index (χ1) is 21.7. The van der Waals surface area contributed by atoms with E-state index in [1.54, 1.807) is 0 Å². The minimum Gasteiger partial charge on any atom is -0.493 e. The summed E-state index contributed by atoms with van der Waals surface area (Å²) in [5.41, 5.74) is 4.79. The van der Waals surface area contributed by atoms with Crippen molar-refractivity contribution in [1.82, 2.24) is 0 Å². The molecule has 0 radical (unpaired) electrons. The molecule has 0 amide bonds. The number of aliphatic hydroxyl groups is 2. The Hall–Kier alpha value is -3.09. The van der Waals surface area contributed by atoms with E-state index in [1.807, 2.05) is 45.0 Å². The number of carbonyl (C=O) groups excluding carboxylic acids is 1. The number of unbranched alkanes of at least 4 members (excludes halogenated alkanes) is 2. The Morgan fingerprint density at radius 1 is 0.870 bits per heavy atom. The zero-order valence-electron chi connectivity index (χ0n) is 29.6. The molecule has 6 nitrogen and oxygen atoms in total. The minimum absolute atomic E-state index is 0.139. The highest BCUT2D eigenvalue weighted by molar-refractivity contribution is 5.90. The Balaban J connectivity index is 1.44. The SMILES string of the molecule is CCCCCc1ccc(-c2cc3ccc(OCCCC(O)C(O)CCCOC(=O)/C(=C/C(C)(C)C)C(C)(C)C)cc3o2)c(CC)c1. The summed E-state index contributed by atoms with van der Waals surface area (Å²) >= 11 is 0. The maximum absolute atomic E-state index is 12.7. The van der Waals surface area contributed by atoms with E-state index in [4.69, 9.17) is 13.9 Å². The first-order valence-electron chi connectivity index (χ1n) is 17.3. The van der Waals surface area contributed by atoms with Crippen LogP contribution in [0.2, 0.25) is 0 Å². The van der Waals surface area contributed by atoms with Gasteiger partial charge in [-0.1, -0.05) is 92.5 Å². The van der Waals surface area contributed by atoms with E-state index in [2.05, 4.69) is 58.9 Å². The maximum atomic E-state index is 12.7. The van der Waals surface area contributed by atoms with Crippen molar-refractivity contribution in [3.8, 4) is 17.1 Å². The molecule has 46 heavy (non-hydrogen) atoms. The Kier molecular flexibility index (Phi) is 14.0. The van der Waals surface area contributed by atoms with Gasteiger partial charge < -0.3 is 24.1 Å². The highest BCUT2D eigenvalue weighted by Gasteiger charge is 2.27. The van der Waals surface area contributed by atoms with Crippen molar-refractivity contribution >= 4 is 16.9 Å². The number of aliphatic hydroxyl groups excluding tert-OH is 2. The van der Waals surface area contributed by atoms with Crippen molar-refractivity contribution in [2.24, 2.45) is 10.8 Å². The fourth-order valence-electron chi connectivity index (χ4n) is 5.57. The molecular formula is C40H58O6. The second kappa shape index (κ2) is 17.2. The number of furan rings is 1. The van der Waals surface area contributed by atoms with Gasteiger partial charge in [-0.15, -0.1) is 0 Å². The lowest BCUT2D eigenvalue weighted by molar-refractivity contribution is -0.140. The van der Waals surface area contributed by atoms with E-state index in [9.17, 15) is 15.0 Å². The highest BCUT2D eigenvalue weighted by Crippen LogP contribution is 2.34. The molecule has 1 aromatic heterocycles. The lowest BCUT2D eigenvalue weighted by Gasteiger charge is -2.25. The molecule has 0 saturated heterocycles. The van der Waals surface area contributed by atoms with Crippen LogP contribution in [0.3, 0.4) is 0 Å². The van der Waals surface area contributed by atoms with Gasteiger partial charge in [-0.3, -0.25) is 0 Å². The van der Waals surface area contributed by atoms with Crippen molar-refractivity contribution in [3.05, 3.63) is 65.2 Å². The van der Waals surface area contributed by atoms with Gasteiger partial charge in [-0.05, 0) is 85.1 Å². The number of hydrogen-bond donors (Lipinski definition) is 2. The van der Waals surface area contributed by atoms with Gasteiger partial charge in [-0.2, -0.15) is 0 Å². The predicted molar refractivity (Wildman–Crippen MR) is 188 cm³/mol. The van der Waals surface area contributed by atoms with E-state index >= 15 is 0 Å². The number of aryl methyl sites for hydroxylation is 2. The average Bonchev–Trinajstić information content (AvgIpc) is 3.42. The normalized spacial score (nSPS) is 14.0. The monoisotopic (exact) mass is 634 g/mol. The van der Waals surface area contributed by atoms with Crippen LogP contribution in [0.5, 0.6) is 5.75 Å². The molecule has 2 N–H and O–H groups in total. The molecule has 254 valence electrons. The standard InChI is InChI=1S/C40H58O6/c1-9-11-12-15-28-18-21-32(29(10-2)24-28)37-25-30-19-20-31(26-36(30)46-37)44-22-13-16-34(41)35(42)17-14-23-45-38(43)33(40(6,7)8)27-39(3,4)5/h18-21,24-27,34-35,41-42H,9-17,22-23H2,1-8H3/b33-27-. The van der Waals surface area contributed by atoms with Crippen LogP contribution in [-0.4, -0.2) is 41.6 Å². The van der Waals surface area contributed by atoms with Crippen LogP contribution in [0.4, 0.5) is 0 Å². The van der Waals surface area contributed by atoms with Crippen LogP contribution in [0.15, 0.2) is 58.5 Å². The van der Waals surface area contributed by atoms with E-state index in [0.717, 1.165) is 35.1 Å². The molecule has 0 bridgehead atoms. The Morgan fingerprint density at radius 2 is 1.57 bits per heavy atom. The second-order valence-corrected chi connectivity index (χ2v) is 14.7. The molecule has 0 aliphatic rings. The van der Waals surface area contributed by atoms with Crippen LogP contribution >= 0.6 is 0 Å². The van der Waals surface area contributed by atoms with Gasteiger partial charge in [0.2, 0.25) is 0 Å². The van der Waals surface area contributed by atoms with Crippen LogP contribution in [0, 0.1) is 10.8 Å². The summed E-state index contributed by atoms with van der Waals surface area (Å²) in [6.07, 6.45) is 7.80. The van der Waals surface area contributed by atoms with Gasteiger partial charge in [0.1, 0.15) is 17.1 Å². The van der Waals surface area contributed by atoms with Crippen LogP contribution in [0.25, 0.3) is 22.3 Å². The highest BCUT2D eigenvalue weighted by atomic mass is 16.5. The average molecular weight is 635 g/mol. The van der Waals surface area contributed by atoms with Crippen LogP contribution < -0.4 is 4.74 Å². The topological polar surface area (TPSA) is 89.1 Å². The Labute approximate surface area is 277 Å². The van der Waals surface area contributed by atoms with Gasteiger partial charge >= 0.3 is 5.97 Å². The molecule has 0 aliphatic carbocycles. The molecule has 6 heteroatoms. The van der Waals surface area contributed by atoms with Gasteiger partial charge in [0.15, 0.2) is 0 Å². The summed E-state index contributed by atoms with van der Waals surface area (Å²) in [4.78, 5) is 12.7. The van der Waals surface area contributed by atoms with Crippen molar-refractivity contribution in [1.29, 1.82) is 0 Å². The van der Waals surface area contributed by atoms with E-state index < -0.39 is 12.2 Å². The van der Waals surface area contributed by atoms with Crippen molar-refractivity contribution in [2.45, 2.75) is 125 Å². The third kappa shape index (κ3) is 11.6. The first kappa shape index (κ1) is 37.4. The fourth-order valence-corrected chi connectivity index (χ4v) is 5.57. The van der Waals surface area contributed by atoms with Gasteiger partial charge in [-0.25, -0.2) is 4.79 Å². The molecule has 0 aliphatic heterocycles. The predicted octanol–water partition coefficient (Wildman–Crippen LogP) is 9.62. The van der Waals surface area contributed by atoms with E-state index in [-0.39, 0.29) is 23.4 Å². The zero-order chi connectivity index (χ0) is 33.9. The number of hydrogen-bond acceptors (Lipinski definition) is 6. The molecule has 3 aromatic rings. The summed E-state index contributed by atoms with van der Waals surface area (Å²) in [6.45, 7) is 17.2. The number of rotatable bonds is 17. The van der Waals surface area contributed by atoms with Gasteiger partial charge in [0.05, 0.1) is 25.4 Å². The largest absolute Gasteiger partial charge is 0.493 e. The molecule has 2 aromatic carbocycles. The van der Waals surface area contributed by atoms with Gasteiger partial charge in [0, 0.05) is 22.6 Å². The Morgan fingerprint density at radius 3 is 2.20 bits per heavy atom. The van der Waals surface area contributed by atoms with E-state index in [0.29, 0.717) is 43.6 Å². The lowest BCUT2D eigenvalue weighted by Crippen LogP contribution is -2.27. The number of fused-ring (bicyclic) bond motifs is 1. The molecule has 0 spiro atoms. The van der Waals surface area contributed by atoms with Crippen molar-refractivity contribution in [3.63, 3.8) is 0 Å². The number of benzene rings is 2. The second-order valence-electron chi connectivity index (χ2n) is 14.7. The third-order valence-electron chi connectivity index (χ3n) is 8.22. The molecule has 0 saturated carbocycles. The van der Waals surface area contributed by atoms with Crippen LogP contribution in [-0.2, 0) is 22.4 Å². The number of allylic oxidation sites excluding steroid dienone is 1. The third-order valence-corrected chi connectivity index (χ3v) is 8.22. The lowest BCUT2D eigenvalue weighted by atomic mass is 9.81. The molecule has 3 rings (SSSR count). The van der Waals surface area contributed by atoms with Gasteiger partial charge in [0.25, 0.3) is 0 Å². The summed E-state index contributed by atoms with van der Waals surface area (Å²) in [6, 6.07) is 14.7. The minimum atomic E-state index is -0.887. The number of carbonyl (C=O) groups is 1.